The van der Waals surface area contributed by atoms with Gasteiger partial charge in [0.15, 0.2) is 0 Å². The highest BCUT2D eigenvalue weighted by Crippen LogP contribution is 2.11. The Morgan fingerprint density at radius 1 is 0.592 bits per heavy atom. The van der Waals surface area contributed by atoms with Crippen LogP contribution in [0.5, 0.6) is 0 Å². The molecule has 49 heavy (non-hydrogen) atoms. The highest BCUT2D eigenvalue weighted by molar-refractivity contribution is 5.80. The maximum atomic E-state index is 12.5. The molecule has 1 saturated heterocycles. The highest BCUT2D eigenvalue weighted by atomic mass is 16.7. The largest absolute Gasteiger partial charge is 0.434 e. The van der Waals surface area contributed by atoms with Crippen molar-refractivity contribution >= 4 is 17.9 Å². The van der Waals surface area contributed by atoms with Gasteiger partial charge in [0, 0.05) is 33.3 Å². The number of piperazine rings is 1. The van der Waals surface area contributed by atoms with E-state index in [1.54, 1.807) is 12.0 Å². The minimum Gasteiger partial charge on any atom is -0.382 e. The number of benzene rings is 2. The van der Waals surface area contributed by atoms with E-state index in [0.717, 1.165) is 31.2 Å². The summed E-state index contributed by atoms with van der Waals surface area (Å²) in [6, 6.07) is 18.4. The van der Waals surface area contributed by atoms with Crippen molar-refractivity contribution < 1.29 is 47.6 Å². The summed E-state index contributed by atoms with van der Waals surface area (Å²) in [5.74, 6) is -0.570. The number of hydrogen-bond donors (Lipinski definition) is 1. The van der Waals surface area contributed by atoms with Gasteiger partial charge in [0.25, 0.3) is 5.91 Å². The van der Waals surface area contributed by atoms with Crippen molar-refractivity contribution in [2.75, 3.05) is 106 Å². The summed E-state index contributed by atoms with van der Waals surface area (Å²) in [4.78, 5) is 45.4. The minimum absolute atomic E-state index is 0.0673. The summed E-state index contributed by atoms with van der Waals surface area (Å²) in [5, 5.41) is 0. The third kappa shape index (κ3) is 18.1. The molecule has 0 bridgehead atoms. The van der Waals surface area contributed by atoms with Crippen LogP contribution in [-0.2, 0) is 62.1 Å². The van der Waals surface area contributed by atoms with E-state index in [1.807, 2.05) is 30.3 Å². The molecule has 0 saturated carbocycles. The second-order valence-corrected chi connectivity index (χ2v) is 11.4. The summed E-state index contributed by atoms with van der Waals surface area (Å²) in [5.41, 5.74) is 5.67. The number of hydroxylamine groups is 1. The molecule has 3 rings (SSSR count). The molecular formula is C36H53N3O10. The van der Waals surface area contributed by atoms with Crippen molar-refractivity contribution in [3.05, 3.63) is 71.3 Å². The number of nitrogens with one attached hydrogen (secondary N) is 1. The van der Waals surface area contributed by atoms with Crippen LogP contribution < -0.4 is 5.48 Å². The number of carbonyl (C=O) groups excluding carboxylic acids is 3. The SMILES string of the molecule is COCCOCCOCCOCCOCCOCC(=O)N1CCN(C(=O)ONC(=O)Cc2ccc(CCCCc3ccccc3)cc2)CC1. The van der Waals surface area contributed by atoms with Gasteiger partial charge in [-0.2, -0.15) is 5.48 Å². The van der Waals surface area contributed by atoms with Crippen molar-refractivity contribution in [3.63, 3.8) is 0 Å². The summed E-state index contributed by atoms with van der Waals surface area (Å²) in [6.07, 6.45) is 3.73. The Labute approximate surface area is 290 Å². The fourth-order valence-corrected chi connectivity index (χ4v) is 4.92. The lowest BCUT2D eigenvalue weighted by Crippen LogP contribution is -2.52. The van der Waals surface area contributed by atoms with Gasteiger partial charge in [0.2, 0.25) is 5.91 Å². The number of aryl methyl sites for hydroxylation is 2. The van der Waals surface area contributed by atoms with Gasteiger partial charge in [-0.15, -0.1) is 0 Å². The quantitative estimate of drug-likeness (QED) is 0.130. The summed E-state index contributed by atoms with van der Waals surface area (Å²) in [6.45, 7) is 5.81. The Morgan fingerprint density at radius 2 is 1.06 bits per heavy atom. The van der Waals surface area contributed by atoms with E-state index in [4.69, 9.17) is 33.3 Å². The molecule has 2 aromatic rings. The molecule has 1 aliphatic heterocycles. The number of amides is 3. The van der Waals surface area contributed by atoms with E-state index in [0.29, 0.717) is 85.6 Å². The Balaban J connectivity index is 1.14. The predicted molar refractivity (Wildman–Crippen MR) is 182 cm³/mol. The van der Waals surface area contributed by atoms with Gasteiger partial charge >= 0.3 is 6.09 Å². The third-order valence-corrected chi connectivity index (χ3v) is 7.70. The first-order chi connectivity index (χ1) is 24.0. The molecule has 0 radical (unpaired) electrons. The standard InChI is InChI=1S/C36H53N3O10/c1-43-19-20-44-21-22-45-23-24-46-25-26-47-27-28-48-30-35(41)38-15-17-39(18-16-38)36(42)49-37-34(40)29-33-13-11-32(12-14-33)10-6-5-9-31-7-3-2-4-8-31/h2-4,7-8,11-14H,5-6,9-10,15-30H2,1H3,(H,37,40). The fraction of sp³-hybridized carbons (Fsp3) is 0.583. The van der Waals surface area contributed by atoms with Crippen LogP contribution in [0.1, 0.15) is 29.5 Å². The van der Waals surface area contributed by atoms with E-state index in [1.165, 1.54) is 16.0 Å². The molecule has 2 aromatic carbocycles. The van der Waals surface area contributed by atoms with Crippen molar-refractivity contribution in [1.82, 2.24) is 15.3 Å². The Bertz CT molecular complexity index is 1180. The Morgan fingerprint density at radius 3 is 1.61 bits per heavy atom. The van der Waals surface area contributed by atoms with Crippen LogP contribution >= 0.6 is 0 Å². The van der Waals surface area contributed by atoms with Gasteiger partial charge < -0.3 is 43.1 Å². The number of carbonyl (C=O) groups is 3. The molecule has 1 N–H and O–H groups in total. The van der Waals surface area contributed by atoms with Gasteiger partial charge in [-0.25, -0.2) is 4.79 Å². The molecule has 1 aliphatic rings. The molecule has 13 heteroatoms. The molecule has 272 valence electrons. The first-order valence-electron chi connectivity index (χ1n) is 17.1. The van der Waals surface area contributed by atoms with Gasteiger partial charge in [-0.1, -0.05) is 54.6 Å². The van der Waals surface area contributed by atoms with Gasteiger partial charge in [0.1, 0.15) is 6.61 Å². The molecule has 0 aliphatic carbocycles. The number of methoxy groups -OCH3 is 1. The molecule has 1 heterocycles. The molecule has 0 spiro atoms. The third-order valence-electron chi connectivity index (χ3n) is 7.70. The Hall–Kier alpha value is -3.59. The summed E-state index contributed by atoms with van der Waals surface area (Å²) in [7, 11) is 1.63. The molecule has 0 unspecified atom stereocenters. The van der Waals surface area contributed by atoms with Gasteiger partial charge in [-0.05, 0) is 42.4 Å². The van der Waals surface area contributed by atoms with E-state index in [9.17, 15) is 14.4 Å². The predicted octanol–water partition coefficient (Wildman–Crippen LogP) is 2.84. The van der Waals surface area contributed by atoms with Crippen LogP contribution in [0.25, 0.3) is 0 Å². The molecule has 13 nitrogen and oxygen atoms in total. The zero-order chi connectivity index (χ0) is 34.8. The molecule has 0 atom stereocenters. The van der Waals surface area contributed by atoms with Crippen LogP contribution in [0.2, 0.25) is 0 Å². The van der Waals surface area contributed by atoms with E-state index < -0.39 is 12.0 Å². The van der Waals surface area contributed by atoms with Crippen molar-refractivity contribution in [3.8, 4) is 0 Å². The highest BCUT2D eigenvalue weighted by Gasteiger charge is 2.25. The van der Waals surface area contributed by atoms with Crippen LogP contribution in [-0.4, -0.2) is 134 Å². The molecular weight excluding hydrogens is 634 g/mol. The maximum Gasteiger partial charge on any atom is 0.434 e. The van der Waals surface area contributed by atoms with E-state index >= 15 is 0 Å². The maximum absolute atomic E-state index is 12.5. The molecule has 1 fully saturated rings. The number of unbranched alkanes of at least 4 members (excludes halogenated alkanes) is 1. The lowest BCUT2D eigenvalue weighted by Gasteiger charge is -2.33. The van der Waals surface area contributed by atoms with Crippen LogP contribution in [0.4, 0.5) is 4.79 Å². The minimum atomic E-state index is -0.653. The smallest absolute Gasteiger partial charge is 0.382 e. The van der Waals surface area contributed by atoms with Crippen molar-refractivity contribution in [1.29, 1.82) is 0 Å². The zero-order valence-corrected chi connectivity index (χ0v) is 28.8. The lowest BCUT2D eigenvalue weighted by molar-refractivity contribution is -0.138. The summed E-state index contributed by atoms with van der Waals surface area (Å²) >= 11 is 0. The fourth-order valence-electron chi connectivity index (χ4n) is 4.92. The monoisotopic (exact) mass is 687 g/mol. The lowest BCUT2D eigenvalue weighted by atomic mass is 10.0. The number of rotatable bonds is 24. The Kier molecular flexibility index (Phi) is 20.6. The van der Waals surface area contributed by atoms with Crippen molar-refractivity contribution in [2.45, 2.75) is 32.1 Å². The number of nitrogens with zero attached hydrogens (tertiary/aromatic N) is 2. The topological polar surface area (TPSA) is 134 Å². The number of ether oxygens (including phenoxy) is 6. The molecule has 3 amide bonds. The van der Waals surface area contributed by atoms with Crippen LogP contribution in [0, 0.1) is 0 Å². The second-order valence-electron chi connectivity index (χ2n) is 11.4. The number of hydrogen-bond acceptors (Lipinski definition) is 10. The first-order valence-corrected chi connectivity index (χ1v) is 17.1. The van der Waals surface area contributed by atoms with Crippen LogP contribution in [0.3, 0.4) is 0 Å². The van der Waals surface area contributed by atoms with Crippen molar-refractivity contribution in [2.24, 2.45) is 0 Å². The second kappa shape index (κ2) is 25.4. The van der Waals surface area contributed by atoms with E-state index in [-0.39, 0.29) is 25.5 Å². The van der Waals surface area contributed by atoms with Crippen LogP contribution in [0.15, 0.2) is 54.6 Å². The summed E-state index contributed by atoms with van der Waals surface area (Å²) < 4.78 is 31.9. The normalized spacial score (nSPS) is 13.0. The van der Waals surface area contributed by atoms with E-state index in [2.05, 4.69) is 29.7 Å². The molecule has 0 aromatic heterocycles. The average molecular weight is 688 g/mol. The van der Waals surface area contributed by atoms with Gasteiger partial charge in [-0.3, -0.25) is 9.59 Å². The average Bonchev–Trinajstić information content (AvgIpc) is 3.13. The van der Waals surface area contributed by atoms with Gasteiger partial charge in [0.05, 0.1) is 72.5 Å². The first kappa shape index (κ1) is 39.8. The zero-order valence-electron chi connectivity index (χ0n) is 28.8.